The molecule has 1 N–H and O–H groups in total. The van der Waals surface area contributed by atoms with E-state index in [1.54, 1.807) is 7.05 Å². The van der Waals surface area contributed by atoms with Crippen molar-refractivity contribution in [1.82, 2.24) is 9.78 Å². The largest absolute Gasteiger partial charge is 0.383 e. The molecule has 0 aliphatic heterocycles. The maximum atomic E-state index is 13.4. The van der Waals surface area contributed by atoms with E-state index < -0.39 is 29.1 Å². The van der Waals surface area contributed by atoms with Gasteiger partial charge >= 0.3 is 0 Å². The Morgan fingerprint density at radius 1 is 1.24 bits per heavy atom. The standard InChI is InChI=1S/C11H9F3N2O/c1-16-5-6(4-15-16)11(17)10-8(13)2-7(12)3-9(10)14/h2-5,11,17H,1H3. The van der Waals surface area contributed by atoms with Gasteiger partial charge in [-0.2, -0.15) is 5.10 Å². The summed E-state index contributed by atoms with van der Waals surface area (Å²) in [6, 6.07) is 1.05. The maximum Gasteiger partial charge on any atom is 0.135 e. The van der Waals surface area contributed by atoms with Gasteiger partial charge in [-0.15, -0.1) is 0 Å². The summed E-state index contributed by atoms with van der Waals surface area (Å²) in [6.45, 7) is 0. The van der Waals surface area contributed by atoms with Gasteiger partial charge in [-0.05, 0) is 0 Å². The van der Waals surface area contributed by atoms with Crippen LogP contribution in [0.2, 0.25) is 0 Å². The fourth-order valence-corrected chi connectivity index (χ4v) is 1.56. The highest BCUT2D eigenvalue weighted by Crippen LogP contribution is 2.27. The Hall–Kier alpha value is -1.82. The quantitative estimate of drug-likeness (QED) is 0.873. The van der Waals surface area contributed by atoms with Crippen LogP contribution in [0.4, 0.5) is 13.2 Å². The lowest BCUT2D eigenvalue weighted by molar-refractivity contribution is 0.208. The molecular weight excluding hydrogens is 233 g/mol. The zero-order valence-corrected chi connectivity index (χ0v) is 8.86. The summed E-state index contributed by atoms with van der Waals surface area (Å²) < 4.78 is 40.9. The number of aromatic nitrogens is 2. The Morgan fingerprint density at radius 2 is 1.82 bits per heavy atom. The second-order valence-electron chi connectivity index (χ2n) is 3.63. The van der Waals surface area contributed by atoms with Crippen molar-refractivity contribution in [1.29, 1.82) is 0 Å². The molecule has 0 spiro atoms. The predicted octanol–water partition coefficient (Wildman–Crippen LogP) is 1.92. The molecule has 0 saturated heterocycles. The van der Waals surface area contributed by atoms with E-state index in [0.29, 0.717) is 12.1 Å². The monoisotopic (exact) mass is 242 g/mol. The van der Waals surface area contributed by atoms with E-state index >= 15 is 0 Å². The van der Waals surface area contributed by atoms with Crippen LogP contribution >= 0.6 is 0 Å². The molecule has 90 valence electrons. The lowest BCUT2D eigenvalue weighted by Gasteiger charge is -2.11. The van der Waals surface area contributed by atoms with Crippen LogP contribution in [0.3, 0.4) is 0 Å². The SMILES string of the molecule is Cn1cc(C(O)c2c(F)cc(F)cc2F)cn1. The van der Waals surface area contributed by atoms with Gasteiger partial charge in [0.05, 0.1) is 11.8 Å². The summed E-state index contributed by atoms with van der Waals surface area (Å²) in [5.74, 6) is -3.28. The molecule has 0 bridgehead atoms. The van der Waals surface area contributed by atoms with Crippen LogP contribution in [0, 0.1) is 17.5 Å². The number of aliphatic hydroxyl groups excluding tert-OH is 1. The number of halogens is 3. The lowest BCUT2D eigenvalue weighted by Crippen LogP contribution is -2.06. The van der Waals surface area contributed by atoms with Crippen molar-refractivity contribution in [2.24, 2.45) is 7.05 Å². The first-order chi connectivity index (χ1) is 7.99. The number of hydrogen-bond donors (Lipinski definition) is 1. The van der Waals surface area contributed by atoms with Crippen molar-refractivity contribution in [2.75, 3.05) is 0 Å². The minimum Gasteiger partial charge on any atom is -0.383 e. The zero-order chi connectivity index (χ0) is 12.6. The van der Waals surface area contributed by atoms with Gasteiger partial charge in [-0.25, -0.2) is 13.2 Å². The smallest absolute Gasteiger partial charge is 0.135 e. The highest BCUT2D eigenvalue weighted by atomic mass is 19.1. The molecule has 0 radical (unpaired) electrons. The maximum absolute atomic E-state index is 13.4. The third kappa shape index (κ3) is 2.16. The van der Waals surface area contributed by atoms with Gasteiger partial charge in [-0.3, -0.25) is 4.68 Å². The van der Waals surface area contributed by atoms with Gasteiger partial charge < -0.3 is 5.11 Å². The van der Waals surface area contributed by atoms with E-state index in [1.165, 1.54) is 17.1 Å². The Kier molecular flexibility index (Phi) is 2.89. The van der Waals surface area contributed by atoms with Crippen LogP contribution in [-0.4, -0.2) is 14.9 Å². The fraction of sp³-hybridized carbons (Fsp3) is 0.182. The number of nitrogens with zero attached hydrogens (tertiary/aromatic N) is 2. The number of aryl methyl sites for hydroxylation is 1. The van der Waals surface area contributed by atoms with Crippen LogP contribution in [0.15, 0.2) is 24.5 Å². The number of benzene rings is 1. The minimum atomic E-state index is -1.51. The Morgan fingerprint density at radius 3 is 2.29 bits per heavy atom. The molecule has 1 atom stereocenters. The van der Waals surface area contributed by atoms with Crippen molar-refractivity contribution in [2.45, 2.75) is 6.10 Å². The summed E-state index contributed by atoms with van der Waals surface area (Å²) in [5, 5.41) is 13.6. The first-order valence-corrected chi connectivity index (χ1v) is 4.80. The summed E-state index contributed by atoms with van der Waals surface area (Å²) >= 11 is 0. The Bertz CT molecular complexity index is 530. The molecule has 1 unspecified atom stereocenters. The van der Waals surface area contributed by atoms with Gasteiger partial charge in [0.2, 0.25) is 0 Å². The third-order valence-corrected chi connectivity index (χ3v) is 2.36. The van der Waals surface area contributed by atoms with Gasteiger partial charge in [-0.1, -0.05) is 0 Å². The van der Waals surface area contributed by atoms with Gasteiger partial charge in [0.25, 0.3) is 0 Å². The van der Waals surface area contributed by atoms with E-state index in [9.17, 15) is 18.3 Å². The van der Waals surface area contributed by atoms with E-state index in [4.69, 9.17) is 0 Å². The lowest BCUT2D eigenvalue weighted by atomic mass is 10.0. The second-order valence-corrected chi connectivity index (χ2v) is 3.63. The van der Waals surface area contributed by atoms with E-state index in [-0.39, 0.29) is 5.56 Å². The molecule has 2 aromatic rings. The number of hydrogen-bond acceptors (Lipinski definition) is 2. The van der Waals surface area contributed by atoms with E-state index in [2.05, 4.69) is 5.10 Å². The van der Waals surface area contributed by atoms with Crippen molar-refractivity contribution in [3.8, 4) is 0 Å². The van der Waals surface area contributed by atoms with Crippen molar-refractivity contribution >= 4 is 0 Å². The number of aliphatic hydroxyl groups is 1. The predicted molar refractivity (Wildman–Crippen MR) is 53.6 cm³/mol. The van der Waals surface area contributed by atoms with Crippen molar-refractivity contribution in [3.63, 3.8) is 0 Å². The molecule has 2 rings (SSSR count). The molecule has 1 aromatic carbocycles. The average molecular weight is 242 g/mol. The fourth-order valence-electron chi connectivity index (χ4n) is 1.56. The molecule has 3 nitrogen and oxygen atoms in total. The van der Waals surface area contributed by atoms with E-state index in [1.807, 2.05) is 0 Å². The molecule has 0 aliphatic carbocycles. The third-order valence-electron chi connectivity index (χ3n) is 2.36. The highest BCUT2D eigenvalue weighted by Gasteiger charge is 2.21. The zero-order valence-electron chi connectivity index (χ0n) is 8.86. The Balaban J connectivity index is 2.47. The van der Waals surface area contributed by atoms with Crippen LogP contribution in [0.5, 0.6) is 0 Å². The second kappa shape index (κ2) is 4.21. The molecule has 1 heterocycles. The molecule has 0 fully saturated rings. The van der Waals surface area contributed by atoms with Crippen LogP contribution in [-0.2, 0) is 7.05 Å². The first-order valence-electron chi connectivity index (χ1n) is 4.80. The first kappa shape index (κ1) is 11.7. The van der Waals surface area contributed by atoms with E-state index in [0.717, 1.165) is 0 Å². The normalized spacial score (nSPS) is 12.8. The van der Waals surface area contributed by atoms with Gasteiger partial charge in [0.15, 0.2) is 0 Å². The molecule has 0 saturated carbocycles. The molecule has 17 heavy (non-hydrogen) atoms. The van der Waals surface area contributed by atoms with Gasteiger partial charge in [0, 0.05) is 30.9 Å². The Labute approximate surface area is 95.1 Å². The molecule has 1 aromatic heterocycles. The number of rotatable bonds is 2. The van der Waals surface area contributed by atoms with Crippen LogP contribution in [0.1, 0.15) is 17.2 Å². The topological polar surface area (TPSA) is 38.0 Å². The summed E-state index contributed by atoms with van der Waals surface area (Å²) in [6.07, 6.45) is 1.20. The van der Waals surface area contributed by atoms with Crippen LogP contribution in [0.25, 0.3) is 0 Å². The highest BCUT2D eigenvalue weighted by molar-refractivity contribution is 5.30. The van der Waals surface area contributed by atoms with Crippen LogP contribution < -0.4 is 0 Å². The summed E-state index contributed by atoms with van der Waals surface area (Å²) in [4.78, 5) is 0. The van der Waals surface area contributed by atoms with Crippen molar-refractivity contribution in [3.05, 3.63) is 53.1 Å². The minimum absolute atomic E-state index is 0.233. The molecular formula is C11H9F3N2O. The summed E-state index contributed by atoms with van der Waals surface area (Å²) in [7, 11) is 1.60. The summed E-state index contributed by atoms with van der Waals surface area (Å²) in [5.41, 5.74) is -0.351. The molecule has 6 heteroatoms. The molecule has 0 aliphatic rings. The van der Waals surface area contributed by atoms with Gasteiger partial charge in [0.1, 0.15) is 23.6 Å². The average Bonchev–Trinajstić information content (AvgIpc) is 2.63. The van der Waals surface area contributed by atoms with Crippen molar-refractivity contribution < 1.29 is 18.3 Å². The molecule has 0 amide bonds.